The van der Waals surface area contributed by atoms with Crippen molar-refractivity contribution < 1.29 is 4.79 Å². The molecular formula is C17H25ClN2O. The maximum atomic E-state index is 12.4. The zero-order valence-electron chi connectivity index (χ0n) is 12.7. The average Bonchev–Trinajstić information content (AvgIpc) is 2.70. The van der Waals surface area contributed by atoms with Gasteiger partial charge in [-0.05, 0) is 44.6 Å². The van der Waals surface area contributed by atoms with Crippen molar-refractivity contribution in [1.82, 2.24) is 10.2 Å². The largest absolute Gasteiger partial charge is 0.322 e. The third kappa shape index (κ3) is 4.72. The molecule has 1 amide bonds. The molecule has 1 heterocycles. The number of alkyl halides is 1. The van der Waals surface area contributed by atoms with Crippen LogP contribution in [0, 0.1) is 11.8 Å². The second-order valence-electron chi connectivity index (χ2n) is 5.79. The third-order valence-corrected chi connectivity index (χ3v) is 4.73. The molecule has 3 nitrogen and oxygen atoms in total. The minimum atomic E-state index is -0.176. The van der Waals surface area contributed by atoms with Gasteiger partial charge in [-0.3, -0.25) is 4.79 Å². The molecule has 0 aromatic heterocycles. The van der Waals surface area contributed by atoms with Crippen molar-refractivity contribution in [3.8, 4) is 0 Å². The molecule has 1 saturated heterocycles. The number of carbonyl (C=O) groups is 1. The molecule has 0 radical (unpaired) electrons. The van der Waals surface area contributed by atoms with Gasteiger partial charge in [0, 0.05) is 19.2 Å². The lowest BCUT2D eigenvalue weighted by atomic mass is 9.84. The number of hydrogen-bond acceptors (Lipinski definition) is 2. The lowest BCUT2D eigenvalue weighted by molar-refractivity contribution is -0.127. The number of likely N-dealkylation sites (N-methyl/N-ethyl adjacent to an activating group) is 1. The highest BCUT2D eigenvalue weighted by molar-refractivity contribution is 6.21. The summed E-state index contributed by atoms with van der Waals surface area (Å²) in [7, 11) is 1.87. The highest BCUT2D eigenvalue weighted by atomic mass is 35.5. The molecule has 0 aromatic carbocycles. The van der Waals surface area contributed by atoms with E-state index in [1.807, 2.05) is 18.0 Å². The maximum Gasteiger partial charge on any atom is 0.247 e. The number of carbonyl (C=O) groups excluding carboxylic acids is 1. The fourth-order valence-corrected chi connectivity index (χ4v) is 3.39. The zero-order valence-corrected chi connectivity index (χ0v) is 13.4. The molecule has 2 aliphatic rings. The van der Waals surface area contributed by atoms with Crippen LogP contribution in [0.3, 0.4) is 0 Å². The number of amides is 1. The van der Waals surface area contributed by atoms with Gasteiger partial charge in [-0.1, -0.05) is 42.0 Å². The highest BCUT2D eigenvalue weighted by Gasteiger charge is 2.30. The molecule has 0 aromatic rings. The van der Waals surface area contributed by atoms with Crippen LogP contribution in [0.4, 0.5) is 0 Å². The first-order valence-corrected chi connectivity index (χ1v) is 8.25. The van der Waals surface area contributed by atoms with E-state index in [9.17, 15) is 4.79 Å². The Morgan fingerprint density at radius 2 is 2.29 bits per heavy atom. The molecule has 0 saturated carbocycles. The minimum absolute atomic E-state index is 0.0347. The lowest BCUT2D eigenvalue weighted by Gasteiger charge is -2.30. The van der Waals surface area contributed by atoms with E-state index in [1.165, 1.54) is 0 Å². The number of likely N-dealkylation sites (tertiary alicyclic amines) is 1. The van der Waals surface area contributed by atoms with Crippen molar-refractivity contribution >= 4 is 17.5 Å². The molecule has 1 N–H and O–H groups in total. The van der Waals surface area contributed by atoms with Crippen LogP contribution in [-0.4, -0.2) is 36.4 Å². The summed E-state index contributed by atoms with van der Waals surface area (Å²) >= 11 is 6.42. The van der Waals surface area contributed by atoms with Crippen LogP contribution in [0.2, 0.25) is 0 Å². The van der Waals surface area contributed by atoms with Gasteiger partial charge in [0.1, 0.15) is 5.50 Å². The summed E-state index contributed by atoms with van der Waals surface area (Å²) in [5, 5.41) is 3.00. The predicted octanol–water partition coefficient (Wildman–Crippen LogP) is 3.09. The van der Waals surface area contributed by atoms with Gasteiger partial charge in [0.2, 0.25) is 5.91 Å². The van der Waals surface area contributed by atoms with E-state index in [0.717, 1.165) is 32.2 Å². The Labute approximate surface area is 132 Å². The molecule has 2 rings (SSSR count). The van der Waals surface area contributed by atoms with Gasteiger partial charge in [-0.2, -0.15) is 0 Å². The molecule has 1 aliphatic heterocycles. The Kier molecular flexibility index (Phi) is 6.52. The van der Waals surface area contributed by atoms with Gasteiger partial charge in [0.05, 0.1) is 0 Å². The number of nitrogens with zero attached hydrogens (tertiary/aromatic N) is 1. The van der Waals surface area contributed by atoms with E-state index in [4.69, 9.17) is 11.6 Å². The lowest BCUT2D eigenvalue weighted by Crippen LogP contribution is -2.39. The number of nitrogens with one attached hydrogen (secondary N) is 1. The average molecular weight is 309 g/mol. The van der Waals surface area contributed by atoms with Crippen LogP contribution >= 0.6 is 11.6 Å². The molecule has 0 bridgehead atoms. The summed E-state index contributed by atoms with van der Waals surface area (Å²) < 4.78 is 0. The topological polar surface area (TPSA) is 32.3 Å². The summed E-state index contributed by atoms with van der Waals surface area (Å²) in [6.45, 7) is 1.46. The standard InChI is InChI=1S/C17H25ClN2O/c1-19-12-6-11-17(21)20-13-15(9-5-10-16(20)18)14-7-3-2-4-8-14/h2-4,6-7,11,14-16,19H,5,8-10,12-13H2,1H3. The van der Waals surface area contributed by atoms with Crippen molar-refractivity contribution in [2.45, 2.75) is 31.2 Å². The van der Waals surface area contributed by atoms with Crippen molar-refractivity contribution in [2.75, 3.05) is 20.1 Å². The maximum absolute atomic E-state index is 12.4. The van der Waals surface area contributed by atoms with Crippen molar-refractivity contribution in [2.24, 2.45) is 11.8 Å². The van der Waals surface area contributed by atoms with Crippen LogP contribution in [0.25, 0.3) is 0 Å². The van der Waals surface area contributed by atoms with Crippen molar-refractivity contribution in [3.63, 3.8) is 0 Å². The molecule has 0 spiro atoms. The summed E-state index contributed by atoms with van der Waals surface area (Å²) in [5.74, 6) is 1.08. The van der Waals surface area contributed by atoms with E-state index in [1.54, 1.807) is 6.08 Å². The first kappa shape index (κ1) is 16.3. The van der Waals surface area contributed by atoms with Crippen LogP contribution in [0.1, 0.15) is 25.7 Å². The van der Waals surface area contributed by atoms with Crippen LogP contribution in [0.15, 0.2) is 36.5 Å². The van der Waals surface area contributed by atoms with E-state index in [-0.39, 0.29) is 11.4 Å². The van der Waals surface area contributed by atoms with Gasteiger partial charge in [0.15, 0.2) is 0 Å². The van der Waals surface area contributed by atoms with E-state index in [0.29, 0.717) is 18.4 Å². The van der Waals surface area contributed by atoms with Gasteiger partial charge in [0.25, 0.3) is 0 Å². The van der Waals surface area contributed by atoms with Crippen LogP contribution in [-0.2, 0) is 4.79 Å². The summed E-state index contributed by atoms with van der Waals surface area (Å²) in [6.07, 6.45) is 16.4. The normalized spacial score (nSPS) is 29.8. The Morgan fingerprint density at radius 3 is 3.00 bits per heavy atom. The Bertz CT molecular complexity index is 431. The van der Waals surface area contributed by atoms with Gasteiger partial charge < -0.3 is 10.2 Å². The molecule has 1 aliphatic carbocycles. The van der Waals surface area contributed by atoms with Gasteiger partial charge in [-0.25, -0.2) is 0 Å². The third-order valence-electron chi connectivity index (χ3n) is 4.27. The first-order valence-electron chi connectivity index (χ1n) is 7.81. The SMILES string of the molecule is CNCC=CC(=O)N1CC(C2C=CC=CC2)CCCC1Cl. The van der Waals surface area contributed by atoms with E-state index >= 15 is 0 Å². The van der Waals surface area contributed by atoms with Gasteiger partial charge in [-0.15, -0.1) is 0 Å². The number of halogens is 1. The van der Waals surface area contributed by atoms with Gasteiger partial charge >= 0.3 is 0 Å². The minimum Gasteiger partial charge on any atom is -0.322 e. The molecular weight excluding hydrogens is 284 g/mol. The van der Waals surface area contributed by atoms with Crippen molar-refractivity contribution in [1.29, 1.82) is 0 Å². The Hall–Kier alpha value is -1.06. The molecule has 4 heteroatoms. The highest BCUT2D eigenvalue weighted by Crippen LogP contribution is 2.32. The monoisotopic (exact) mass is 308 g/mol. The number of allylic oxidation sites excluding steroid dienone is 4. The molecule has 21 heavy (non-hydrogen) atoms. The number of hydrogen-bond donors (Lipinski definition) is 1. The first-order chi connectivity index (χ1) is 10.2. The second kappa shape index (κ2) is 8.40. The summed E-state index contributed by atoms with van der Waals surface area (Å²) in [6, 6.07) is 0. The van der Waals surface area contributed by atoms with E-state index in [2.05, 4.69) is 29.6 Å². The fourth-order valence-electron chi connectivity index (χ4n) is 3.06. The molecule has 3 atom stereocenters. The van der Waals surface area contributed by atoms with Crippen molar-refractivity contribution in [3.05, 3.63) is 36.5 Å². The van der Waals surface area contributed by atoms with Crippen LogP contribution in [0.5, 0.6) is 0 Å². The molecule has 1 fully saturated rings. The fraction of sp³-hybridized carbons (Fsp3) is 0.588. The molecule has 3 unspecified atom stereocenters. The Morgan fingerprint density at radius 1 is 1.43 bits per heavy atom. The Balaban J connectivity index is 2.02. The van der Waals surface area contributed by atoms with E-state index < -0.39 is 0 Å². The smallest absolute Gasteiger partial charge is 0.247 e. The predicted molar refractivity (Wildman–Crippen MR) is 88.1 cm³/mol. The second-order valence-corrected chi connectivity index (χ2v) is 6.29. The molecule has 116 valence electrons. The zero-order chi connectivity index (χ0) is 15.1. The summed E-state index contributed by atoms with van der Waals surface area (Å²) in [4.78, 5) is 14.2. The van der Waals surface area contributed by atoms with Crippen LogP contribution < -0.4 is 5.32 Å². The summed E-state index contributed by atoms with van der Waals surface area (Å²) in [5.41, 5.74) is -0.176. The quantitative estimate of drug-likeness (QED) is 0.492. The number of rotatable bonds is 4.